The molecular weight excluding hydrogens is 428 g/mol. The maximum Gasteiger partial charge on any atom is 0.220 e. The van der Waals surface area contributed by atoms with E-state index in [-0.39, 0.29) is 10.8 Å². The van der Waals surface area contributed by atoms with Gasteiger partial charge in [0.2, 0.25) is 5.91 Å². The normalized spacial score (nSPS) is 11.0. The largest absolute Gasteiger partial charge is 0.494 e. The molecule has 7 nitrogen and oxygen atoms in total. The van der Waals surface area contributed by atoms with Gasteiger partial charge in [0, 0.05) is 25.4 Å². The first-order valence-corrected chi connectivity index (χ1v) is 12.1. The summed E-state index contributed by atoms with van der Waals surface area (Å²) >= 11 is 0. The van der Waals surface area contributed by atoms with Crippen molar-refractivity contribution in [3.8, 4) is 11.5 Å². The lowest BCUT2D eigenvalue weighted by molar-refractivity contribution is -0.121. The third-order valence-electron chi connectivity index (χ3n) is 4.59. The maximum absolute atomic E-state index is 12.0. The highest BCUT2D eigenvalue weighted by molar-refractivity contribution is 7.90. The molecule has 1 aromatic heterocycles. The summed E-state index contributed by atoms with van der Waals surface area (Å²) < 4.78 is 34.2. The second kappa shape index (κ2) is 11.3. The number of amides is 1. The molecule has 2 aromatic carbocycles. The van der Waals surface area contributed by atoms with E-state index in [0.29, 0.717) is 38.3 Å². The van der Waals surface area contributed by atoms with E-state index >= 15 is 0 Å². The molecule has 0 spiro atoms. The first kappa shape index (κ1) is 23.3. The minimum Gasteiger partial charge on any atom is -0.494 e. The van der Waals surface area contributed by atoms with Crippen molar-refractivity contribution in [3.05, 3.63) is 84.2 Å². The molecule has 0 bridgehead atoms. The lowest BCUT2D eigenvalue weighted by Gasteiger charge is -2.09. The number of nitrogens with zero attached hydrogens (tertiary/aromatic N) is 1. The fourth-order valence-electron chi connectivity index (χ4n) is 2.84. The Morgan fingerprint density at radius 1 is 0.938 bits per heavy atom. The van der Waals surface area contributed by atoms with Crippen LogP contribution in [0.4, 0.5) is 0 Å². The van der Waals surface area contributed by atoms with Crippen LogP contribution in [0.1, 0.15) is 24.1 Å². The molecule has 1 heterocycles. The summed E-state index contributed by atoms with van der Waals surface area (Å²) in [6.07, 6.45) is 3.79. The topological polar surface area (TPSA) is 94.6 Å². The quantitative estimate of drug-likeness (QED) is 0.446. The van der Waals surface area contributed by atoms with Crippen LogP contribution >= 0.6 is 0 Å². The molecule has 8 heteroatoms. The number of sulfone groups is 1. The lowest BCUT2D eigenvalue weighted by atomic mass is 10.2. The highest BCUT2D eigenvalue weighted by Crippen LogP contribution is 2.16. The van der Waals surface area contributed by atoms with Gasteiger partial charge in [0.25, 0.3) is 0 Å². The van der Waals surface area contributed by atoms with Crippen molar-refractivity contribution in [3.63, 3.8) is 0 Å². The minimum absolute atomic E-state index is 0.0588. The van der Waals surface area contributed by atoms with Crippen molar-refractivity contribution < 1.29 is 22.7 Å². The zero-order valence-corrected chi connectivity index (χ0v) is 18.7. The average molecular weight is 455 g/mol. The summed E-state index contributed by atoms with van der Waals surface area (Å²) in [4.78, 5) is 16.5. The first-order valence-electron chi connectivity index (χ1n) is 10.2. The zero-order valence-electron chi connectivity index (χ0n) is 17.9. The molecule has 0 aliphatic carbocycles. The van der Waals surface area contributed by atoms with Crippen LogP contribution in [0, 0.1) is 0 Å². The molecule has 0 aliphatic heterocycles. The Kier molecular flexibility index (Phi) is 8.21. The highest BCUT2D eigenvalue weighted by Gasteiger charge is 2.07. The van der Waals surface area contributed by atoms with Crippen LogP contribution in [-0.2, 0) is 27.8 Å². The second-order valence-corrected chi connectivity index (χ2v) is 9.24. The van der Waals surface area contributed by atoms with E-state index in [9.17, 15) is 13.2 Å². The number of hydrogen-bond donors (Lipinski definition) is 1. The molecular formula is C24H26N2O5S. The van der Waals surface area contributed by atoms with E-state index in [2.05, 4.69) is 10.3 Å². The fraction of sp³-hybridized carbons (Fsp3) is 0.250. The molecule has 0 saturated carbocycles. The number of rotatable bonds is 11. The Morgan fingerprint density at radius 2 is 1.62 bits per heavy atom. The number of ether oxygens (including phenoxy) is 2. The van der Waals surface area contributed by atoms with Crippen molar-refractivity contribution in [1.29, 1.82) is 0 Å². The molecule has 1 N–H and O–H groups in total. The van der Waals surface area contributed by atoms with Gasteiger partial charge in [0.15, 0.2) is 9.84 Å². The number of hydrogen-bond acceptors (Lipinski definition) is 6. The van der Waals surface area contributed by atoms with Gasteiger partial charge in [0.05, 0.1) is 17.2 Å². The molecule has 0 unspecified atom stereocenters. The smallest absolute Gasteiger partial charge is 0.220 e. The minimum atomic E-state index is -3.22. The van der Waals surface area contributed by atoms with Gasteiger partial charge in [-0.3, -0.25) is 9.78 Å². The van der Waals surface area contributed by atoms with E-state index in [1.807, 2.05) is 42.5 Å². The monoisotopic (exact) mass is 454 g/mol. The molecule has 32 heavy (non-hydrogen) atoms. The first-order chi connectivity index (χ1) is 15.4. The number of carbonyl (C=O) groups is 1. The number of aromatic nitrogens is 1. The van der Waals surface area contributed by atoms with Gasteiger partial charge in [-0.15, -0.1) is 0 Å². The number of pyridine rings is 1. The molecule has 3 aromatic rings. The van der Waals surface area contributed by atoms with Crippen molar-refractivity contribution in [2.45, 2.75) is 30.9 Å². The Bertz CT molecular complexity index is 1100. The third-order valence-corrected chi connectivity index (χ3v) is 5.72. The van der Waals surface area contributed by atoms with Gasteiger partial charge < -0.3 is 14.8 Å². The predicted molar refractivity (Wildman–Crippen MR) is 121 cm³/mol. The van der Waals surface area contributed by atoms with Gasteiger partial charge in [-0.1, -0.05) is 18.2 Å². The summed E-state index contributed by atoms with van der Waals surface area (Å²) in [7, 11) is -3.22. The van der Waals surface area contributed by atoms with Crippen LogP contribution in [0.15, 0.2) is 77.8 Å². The summed E-state index contributed by atoms with van der Waals surface area (Å²) in [5.74, 6) is 1.26. The van der Waals surface area contributed by atoms with Gasteiger partial charge in [-0.05, 0) is 60.5 Å². The van der Waals surface area contributed by atoms with E-state index < -0.39 is 9.84 Å². The molecule has 0 fully saturated rings. The Morgan fingerprint density at radius 3 is 2.28 bits per heavy atom. The van der Waals surface area contributed by atoms with E-state index in [1.165, 1.54) is 12.1 Å². The maximum atomic E-state index is 12.0. The molecule has 0 saturated heterocycles. The molecule has 3 rings (SSSR count). The summed E-state index contributed by atoms with van der Waals surface area (Å²) in [5.41, 5.74) is 1.84. The van der Waals surface area contributed by atoms with Crippen LogP contribution < -0.4 is 14.8 Å². The standard InChI is InChI=1S/C24H26N2O5S/c1-32(28,29)23-13-11-21(12-14-23)30-16-4-6-24(27)26-17-19-7-9-22(10-8-19)31-18-20-5-2-3-15-25-20/h2-3,5,7-15H,4,6,16-18H2,1H3,(H,26,27). The Hall–Kier alpha value is -3.39. The summed E-state index contributed by atoms with van der Waals surface area (Å²) in [6, 6.07) is 19.5. The van der Waals surface area contributed by atoms with Gasteiger partial charge >= 0.3 is 0 Å². The van der Waals surface area contributed by atoms with E-state index in [4.69, 9.17) is 9.47 Å². The number of benzene rings is 2. The molecule has 168 valence electrons. The van der Waals surface area contributed by atoms with E-state index in [0.717, 1.165) is 23.3 Å². The average Bonchev–Trinajstić information content (AvgIpc) is 2.80. The van der Waals surface area contributed by atoms with Crippen LogP contribution in [0.25, 0.3) is 0 Å². The number of carbonyl (C=O) groups excluding carboxylic acids is 1. The van der Waals surface area contributed by atoms with Crippen molar-refractivity contribution in [2.24, 2.45) is 0 Å². The molecule has 0 radical (unpaired) electrons. The van der Waals surface area contributed by atoms with Gasteiger partial charge in [-0.2, -0.15) is 0 Å². The van der Waals surface area contributed by atoms with Gasteiger partial charge in [-0.25, -0.2) is 8.42 Å². The van der Waals surface area contributed by atoms with Crippen molar-refractivity contribution in [2.75, 3.05) is 12.9 Å². The predicted octanol–water partition coefficient (Wildman–Crippen LogP) is 3.54. The zero-order chi connectivity index (χ0) is 22.8. The second-order valence-electron chi connectivity index (χ2n) is 7.23. The van der Waals surface area contributed by atoms with Crippen molar-refractivity contribution >= 4 is 15.7 Å². The SMILES string of the molecule is CS(=O)(=O)c1ccc(OCCCC(=O)NCc2ccc(OCc3ccccn3)cc2)cc1. The van der Waals surface area contributed by atoms with Crippen LogP contribution in [0.3, 0.4) is 0 Å². The summed E-state index contributed by atoms with van der Waals surface area (Å²) in [5, 5.41) is 2.89. The Labute approximate surface area is 188 Å². The Balaban J connectivity index is 1.32. The summed E-state index contributed by atoms with van der Waals surface area (Å²) in [6.45, 7) is 1.21. The molecule has 1 amide bonds. The fourth-order valence-corrected chi connectivity index (χ4v) is 3.47. The molecule has 0 aliphatic rings. The number of nitrogens with one attached hydrogen (secondary N) is 1. The van der Waals surface area contributed by atoms with Crippen LogP contribution in [0.5, 0.6) is 11.5 Å². The van der Waals surface area contributed by atoms with Crippen LogP contribution in [-0.4, -0.2) is 32.2 Å². The van der Waals surface area contributed by atoms with Crippen molar-refractivity contribution in [1.82, 2.24) is 10.3 Å². The van der Waals surface area contributed by atoms with Crippen LogP contribution in [0.2, 0.25) is 0 Å². The lowest BCUT2D eigenvalue weighted by Crippen LogP contribution is -2.22. The molecule has 0 atom stereocenters. The third kappa shape index (κ3) is 7.70. The van der Waals surface area contributed by atoms with Gasteiger partial charge in [0.1, 0.15) is 18.1 Å². The highest BCUT2D eigenvalue weighted by atomic mass is 32.2. The van der Waals surface area contributed by atoms with E-state index in [1.54, 1.807) is 18.3 Å².